The average molecular weight is 426 g/mol. The van der Waals surface area contributed by atoms with E-state index in [9.17, 15) is 13.2 Å². The Hall–Kier alpha value is -3.74. The van der Waals surface area contributed by atoms with Crippen molar-refractivity contribution in [1.82, 2.24) is 0 Å². The monoisotopic (exact) mass is 426 g/mol. The predicted molar refractivity (Wildman–Crippen MR) is 117 cm³/mol. The lowest BCUT2D eigenvalue weighted by atomic mass is 10.1. The van der Waals surface area contributed by atoms with Gasteiger partial charge in [-0.2, -0.15) is 13.2 Å². The average Bonchev–Trinajstić information content (AvgIpc) is 2.76. The second-order valence-corrected chi connectivity index (χ2v) is 6.52. The zero-order valence-corrected chi connectivity index (χ0v) is 16.8. The van der Waals surface area contributed by atoms with Crippen molar-refractivity contribution in [1.29, 1.82) is 0 Å². The van der Waals surface area contributed by atoms with E-state index in [4.69, 9.17) is 15.2 Å². The van der Waals surface area contributed by atoms with Crippen molar-refractivity contribution in [2.45, 2.75) is 12.8 Å². The predicted octanol–water partition coefficient (Wildman–Crippen LogP) is 6.29. The summed E-state index contributed by atoms with van der Waals surface area (Å²) < 4.78 is 50.9. The van der Waals surface area contributed by atoms with Crippen LogP contribution in [-0.2, 0) is 12.8 Å². The highest BCUT2D eigenvalue weighted by atomic mass is 19.4. The largest absolute Gasteiger partial charge is 0.493 e. The SMILES string of the molecule is COc1cccc(/C=C/C=Nc2ccccc2N)c1OCc1ccccc1C(F)(F)F. The molecule has 0 unspecified atom stereocenters. The first kappa shape index (κ1) is 22.0. The lowest BCUT2D eigenvalue weighted by molar-refractivity contribution is -0.138. The fraction of sp³-hybridized carbons (Fsp3) is 0.125. The van der Waals surface area contributed by atoms with Crippen molar-refractivity contribution in [3.8, 4) is 11.5 Å². The van der Waals surface area contributed by atoms with Gasteiger partial charge in [0.05, 0.1) is 24.0 Å². The maximum Gasteiger partial charge on any atom is 0.416 e. The molecule has 3 aromatic carbocycles. The minimum absolute atomic E-state index is 0.0388. The Morgan fingerprint density at radius 2 is 1.71 bits per heavy atom. The third-order valence-electron chi connectivity index (χ3n) is 4.44. The Morgan fingerprint density at radius 3 is 2.45 bits per heavy atom. The van der Waals surface area contributed by atoms with Crippen LogP contribution in [0.3, 0.4) is 0 Å². The third-order valence-corrected chi connectivity index (χ3v) is 4.44. The number of rotatable bonds is 7. The van der Waals surface area contributed by atoms with Gasteiger partial charge in [0.15, 0.2) is 11.5 Å². The second-order valence-electron chi connectivity index (χ2n) is 6.52. The molecule has 0 heterocycles. The summed E-state index contributed by atoms with van der Waals surface area (Å²) in [6, 6.07) is 17.7. The summed E-state index contributed by atoms with van der Waals surface area (Å²) in [5.74, 6) is 0.752. The summed E-state index contributed by atoms with van der Waals surface area (Å²) in [7, 11) is 1.47. The Kier molecular flexibility index (Phi) is 6.97. The summed E-state index contributed by atoms with van der Waals surface area (Å²) in [6.07, 6.45) is 0.543. The van der Waals surface area contributed by atoms with Crippen LogP contribution in [0.2, 0.25) is 0 Å². The molecule has 0 radical (unpaired) electrons. The zero-order chi connectivity index (χ0) is 22.3. The molecule has 0 atom stereocenters. The lowest BCUT2D eigenvalue weighted by Crippen LogP contribution is -2.11. The molecule has 0 aliphatic rings. The molecule has 0 aliphatic heterocycles. The summed E-state index contributed by atoms with van der Waals surface area (Å²) in [5.41, 5.74) is 7.00. The fourth-order valence-corrected chi connectivity index (χ4v) is 2.93. The number of alkyl halides is 3. The highest BCUT2D eigenvalue weighted by Crippen LogP contribution is 2.35. The number of ether oxygens (including phenoxy) is 2. The van der Waals surface area contributed by atoms with Gasteiger partial charge in [0.2, 0.25) is 0 Å². The number of nitrogen functional groups attached to an aromatic ring is 1. The summed E-state index contributed by atoms with van der Waals surface area (Å²) in [5, 5.41) is 0. The topological polar surface area (TPSA) is 56.8 Å². The van der Waals surface area contributed by atoms with Crippen molar-refractivity contribution in [3.63, 3.8) is 0 Å². The fourth-order valence-electron chi connectivity index (χ4n) is 2.93. The van der Waals surface area contributed by atoms with E-state index in [1.165, 1.54) is 19.2 Å². The molecule has 160 valence electrons. The van der Waals surface area contributed by atoms with Gasteiger partial charge < -0.3 is 15.2 Å². The standard InChI is InChI=1S/C24H21F3N2O2/c1-30-22-14-6-9-17(10-7-15-29-21-13-5-4-12-20(21)28)23(22)31-16-18-8-2-3-11-19(18)24(25,26)27/h2-15H,16,28H2,1H3/b10-7+,29-15?. The summed E-state index contributed by atoms with van der Waals surface area (Å²) >= 11 is 0. The van der Waals surface area contributed by atoms with E-state index in [-0.39, 0.29) is 12.2 Å². The summed E-state index contributed by atoms with van der Waals surface area (Å²) in [4.78, 5) is 4.29. The van der Waals surface area contributed by atoms with Gasteiger partial charge in [0.1, 0.15) is 6.61 Å². The van der Waals surface area contributed by atoms with Gasteiger partial charge in [-0.1, -0.05) is 42.5 Å². The van der Waals surface area contributed by atoms with Crippen molar-refractivity contribution < 1.29 is 22.6 Å². The molecule has 0 amide bonds. The van der Waals surface area contributed by atoms with Crippen LogP contribution in [0.4, 0.5) is 24.5 Å². The minimum Gasteiger partial charge on any atom is -0.493 e. The molecule has 3 rings (SSSR count). The molecule has 0 aliphatic carbocycles. The van der Waals surface area contributed by atoms with E-state index in [1.54, 1.807) is 54.8 Å². The maximum absolute atomic E-state index is 13.3. The second kappa shape index (κ2) is 9.84. The van der Waals surface area contributed by atoms with Crippen molar-refractivity contribution in [2.24, 2.45) is 4.99 Å². The van der Waals surface area contributed by atoms with Crippen LogP contribution >= 0.6 is 0 Å². The molecule has 0 bridgehead atoms. The highest BCUT2D eigenvalue weighted by Gasteiger charge is 2.33. The van der Waals surface area contributed by atoms with Crippen molar-refractivity contribution in [2.75, 3.05) is 12.8 Å². The lowest BCUT2D eigenvalue weighted by Gasteiger charge is -2.16. The van der Waals surface area contributed by atoms with Gasteiger partial charge in [0.25, 0.3) is 0 Å². The number of halogens is 3. The van der Waals surface area contributed by atoms with E-state index in [0.717, 1.165) is 6.07 Å². The number of nitrogens with zero attached hydrogens (tertiary/aromatic N) is 1. The first-order chi connectivity index (χ1) is 14.9. The number of allylic oxidation sites excluding steroid dienone is 1. The van der Waals surface area contributed by atoms with Crippen LogP contribution < -0.4 is 15.2 Å². The van der Waals surface area contributed by atoms with E-state index in [1.807, 2.05) is 12.1 Å². The van der Waals surface area contributed by atoms with Crippen molar-refractivity contribution in [3.05, 3.63) is 89.5 Å². The molecule has 0 aromatic heterocycles. The number of hydrogen-bond donors (Lipinski definition) is 1. The van der Waals surface area contributed by atoms with Gasteiger partial charge in [-0.25, -0.2) is 0 Å². The molecule has 3 aromatic rings. The van der Waals surface area contributed by atoms with Crippen LogP contribution in [-0.4, -0.2) is 13.3 Å². The molecule has 0 saturated carbocycles. The Balaban J connectivity index is 1.82. The first-order valence-electron chi connectivity index (χ1n) is 9.40. The molecular weight excluding hydrogens is 405 g/mol. The number of benzene rings is 3. The maximum atomic E-state index is 13.3. The molecule has 0 spiro atoms. The quantitative estimate of drug-likeness (QED) is 0.357. The Morgan fingerprint density at radius 1 is 0.968 bits per heavy atom. The van der Waals surface area contributed by atoms with E-state index >= 15 is 0 Å². The van der Waals surface area contributed by atoms with Crippen LogP contribution in [0.1, 0.15) is 16.7 Å². The van der Waals surface area contributed by atoms with Crippen LogP contribution in [0, 0.1) is 0 Å². The number of hydrogen-bond acceptors (Lipinski definition) is 4. The number of nitrogens with two attached hydrogens (primary N) is 1. The molecule has 0 saturated heterocycles. The minimum atomic E-state index is -4.46. The van der Waals surface area contributed by atoms with Gasteiger partial charge in [-0.3, -0.25) is 4.99 Å². The van der Waals surface area contributed by atoms with Gasteiger partial charge >= 0.3 is 6.18 Å². The van der Waals surface area contributed by atoms with E-state index < -0.39 is 11.7 Å². The van der Waals surface area contributed by atoms with Crippen LogP contribution in [0.15, 0.2) is 77.8 Å². The van der Waals surface area contributed by atoms with Crippen LogP contribution in [0.25, 0.3) is 6.08 Å². The zero-order valence-electron chi connectivity index (χ0n) is 16.8. The Labute approximate surface area is 178 Å². The number of aliphatic imine (C=N–C) groups is 1. The number of anilines is 1. The first-order valence-corrected chi connectivity index (χ1v) is 9.40. The van der Waals surface area contributed by atoms with E-state index in [2.05, 4.69) is 4.99 Å². The molecular formula is C24H21F3N2O2. The molecule has 4 nitrogen and oxygen atoms in total. The summed E-state index contributed by atoms with van der Waals surface area (Å²) in [6.45, 7) is -0.258. The van der Waals surface area contributed by atoms with Crippen LogP contribution in [0.5, 0.6) is 11.5 Å². The third kappa shape index (κ3) is 5.66. The highest BCUT2D eigenvalue weighted by molar-refractivity contribution is 5.83. The number of para-hydroxylation sites is 3. The normalized spacial score (nSPS) is 11.9. The molecule has 2 N–H and O–H groups in total. The van der Waals surface area contributed by atoms with Gasteiger partial charge in [-0.05, 0) is 36.4 Å². The van der Waals surface area contributed by atoms with E-state index in [0.29, 0.717) is 28.4 Å². The molecule has 31 heavy (non-hydrogen) atoms. The Bertz CT molecular complexity index is 1090. The van der Waals surface area contributed by atoms with Gasteiger partial charge in [-0.15, -0.1) is 0 Å². The smallest absolute Gasteiger partial charge is 0.416 e. The molecule has 7 heteroatoms. The van der Waals surface area contributed by atoms with Gasteiger partial charge in [0, 0.05) is 17.3 Å². The number of methoxy groups -OCH3 is 1. The van der Waals surface area contributed by atoms with Crippen molar-refractivity contribution >= 4 is 23.7 Å². The molecule has 0 fully saturated rings.